The number of cyclic esters (lactones) is 2. The van der Waals surface area contributed by atoms with Crippen LogP contribution in [0.25, 0.3) is 0 Å². The van der Waals surface area contributed by atoms with Gasteiger partial charge in [0.25, 0.3) is 0 Å². The molecule has 0 aromatic heterocycles. The second-order valence-electron chi connectivity index (χ2n) is 3.30. The van der Waals surface area contributed by atoms with E-state index < -0.39 is 6.16 Å². The molecule has 1 fully saturated rings. The van der Waals surface area contributed by atoms with Gasteiger partial charge in [-0.3, -0.25) is 0 Å². The van der Waals surface area contributed by atoms with E-state index in [4.69, 9.17) is 9.47 Å². The lowest BCUT2D eigenvalue weighted by atomic mass is 9.87. The second-order valence-corrected chi connectivity index (χ2v) is 3.30. The Morgan fingerprint density at radius 1 is 1.73 bits per heavy atom. The third-order valence-corrected chi connectivity index (χ3v) is 1.77. The highest BCUT2D eigenvalue weighted by Crippen LogP contribution is 2.28. The molecule has 1 aliphatic heterocycles. The quantitative estimate of drug-likeness (QED) is 0.428. The largest absolute Gasteiger partial charge is 0.508 e. The normalized spacial score (nSPS) is 28.5. The first-order valence-corrected chi connectivity index (χ1v) is 3.52. The highest BCUT2D eigenvalue weighted by atomic mass is 16.7. The molecule has 1 atom stereocenters. The summed E-state index contributed by atoms with van der Waals surface area (Å²) in [4.78, 5) is 10.6. The Labute approximate surface area is 66.0 Å². The van der Waals surface area contributed by atoms with Crippen LogP contribution in [0.5, 0.6) is 0 Å². The van der Waals surface area contributed by atoms with Crippen LogP contribution >= 0.6 is 0 Å². The van der Waals surface area contributed by atoms with Gasteiger partial charge in [0, 0.05) is 5.41 Å². The van der Waals surface area contributed by atoms with E-state index in [1.807, 2.05) is 13.8 Å². The van der Waals surface area contributed by atoms with E-state index in [1.165, 1.54) is 0 Å². The minimum absolute atomic E-state index is 0.157. The lowest BCUT2D eigenvalue weighted by Gasteiger charge is -2.34. The molecule has 11 heavy (non-hydrogen) atoms. The molecule has 1 aliphatic rings. The van der Waals surface area contributed by atoms with E-state index in [1.54, 1.807) is 6.08 Å². The molecular weight excluding hydrogens is 144 g/mol. The van der Waals surface area contributed by atoms with Crippen molar-refractivity contribution in [3.8, 4) is 0 Å². The van der Waals surface area contributed by atoms with E-state index in [9.17, 15) is 4.79 Å². The highest BCUT2D eigenvalue weighted by Gasteiger charge is 2.36. The van der Waals surface area contributed by atoms with Crippen LogP contribution in [0.15, 0.2) is 12.7 Å². The SMILES string of the molecule is C=CC1OC(=O)OCC1(C)C. The third-order valence-electron chi connectivity index (χ3n) is 1.77. The fraction of sp³-hybridized carbons (Fsp3) is 0.625. The summed E-state index contributed by atoms with van der Waals surface area (Å²) in [5.41, 5.74) is -0.157. The van der Waals surface area contributed by atoms with Gasteiger partial charge in [-0.1, -0.05) is 26.5 Å². The molecule has 1 heterocycles. The van der Waals surface area contributed by atoms with Gasteiger partial charge in [-0.2, -0.15) is 0 Å². The first-order valence-electron chi connectivity index (χ1n) is 3.52. The standard InChI is InChI=1S/C8H12O3/c1-4-6-8(2,3)5-10-7(9)11-6/h4,6H,1,5H2,2-3H3. The maximum Gasteiger partial charge on any atom is 0.508 e. The highest BCUT2D eigenvalue weighted by molar-refractivity contribution is 5.61. The molecule has 1 unspecified atom stereocenters. The smallest absolute Gasteiger partial charge is 0.434 e. The summed E-state index contributed by atoms with van der Waals surface area (Å²) in [5, 5.41) is 0. The van der Waals surface area contributed by atoms with Gasteiger partial charge in [-0.25, -0.2) is 4.79 Å². The molecule has 0 bridgehead atoms. The summed E-state index contributed by atoms with van der Waals surface area (Å²) >= 11 is 0. The minimum atomic E-state index is -0.603. The van der Waals surface area contributed by atoms with Crippen LogP contribution in [0.4, 0.5) is 4.79 Å². The van der Waals surface area contributed by atoms with Crippen LogP contribution in [-0.4, -0.2) is 18.9 Å². The number of carbonyl (C=O) groups excluding carboxylic acids is 1. The van der Waals surface area contributed by atoms with Crippen LogP contribution in [0.3, 0.4) is 0 Å². The number of carbonyl (C=O) groups is 1. The van der Waals surface area contributed by atoms with Crippen molar-refractivity contribution < 1.29 is 14.3 Å². The van der Waals surface area contributed by atoms with Crippen molar-refractivity contribution in [2.45, 2.75) is 20.0 Å². The van der Waals surface area contributed by atoms with Crippen molar-refractivity contribution in [2.75, 3.05) is 6.61 Å². The molecule has 0 aromatic carbocycles. The van der Waals surface area contributed by atoms with Crippen molar-refractivity contribution in [1.29, 1.82) is 0 Å². The van der Waals surface area contributed by atoms with E-state index in [2.05, 4.69) is 6.58 Å². The maximum atomic E-state index is 10.6. The Kier molecular flexibility index (Phi) is 1.89. The molecule has 0 N–H and O–H groups in total. The predicted octanol–water partition coefficient (Wildman–Crippen LogP) is 1.73. The van der Waals surface area contributed by atoms with Gasteiger partial charge in [-0.05, 0) is 0 Å². The predicted molar refractivity (Wildman–Crippen MR) is 40.2 cm³/mol. The topological polar surface area (TPSA) is 35.5 Å². The number of hydrogen-bond donors (Lipinski definition) is 0. The van der Waals surface area contributed by atoms with Crippen molar-refractivity contribution >= 4 is 6.16 Å². The molecule has 3 heteroatoms. The van der Waals surface area contributed by atoms with E-state index >= 15 is 0 Å². The Hall–Kier alpha value is -0.990. The molecule has 0 radical (unpaired) electrons. The fourth-order valence-electron chi connectivity index (χ4n) is 0.991. The van der Waals surface area contributed by atoms with Gasteiger partial charge in [-0.15, -0.1) is 0 Å². The minimum Gasteiger partial charge on any atom is -0.434 e. The first kappa shape index (κ1) is 8.11. The van der Waals surface area contributed by atoms with Gasteiger partial charge >= 0.3 is 6.16 Å². The Balaban J connectivity index is 2.70. The molecule has 0 aromatic rings. The van der Waals surface area contributed by atoms with Crippen molar-refractivity contribution in [2.24, 2.45) is 5.41 Å². The molecule has 0 saturated carbocycles. The summed E-state index contributed by atoms with van der Waals surface area (Å²) < 4.78 is 9.59. The molecule has 0 amide bonds. The average Bonchev–Trinajstić information content (AvgIpc) is 1.94. The van der Waals surface area contributed by atoms with Gasteiger partial charge in [0.1, 0.15) is 12.7 Å². The summed E-state index contributed by atoms with van der Waals surface area (Å²) in [7, 11) is 0. The lowest BCUT2D eigenvalue weighted by Crippen LogP contribution is -2.42. The molecule has 1 rings (SSSR count). The Morgan fingerprint density at radius 2 is 2.36 bits per heavy atom. The number of ether oxygens (including phenoxy) is 2. The number of hydrogen-bond acceptors (Lipinski definition) is 3. The van der Waals surface area contributed by atoms with E-state index in [-0.39, 0.29) is 11.5 Å². The van der Waals surface area contributed by atoms with E-state index in [0.717, 1.165) is 0 Å². The molecule has 3 nitrogen and oxygen atoms in total. The van der Waals surface area contributed by atoms with Crippen molar-refractivity contribution in [1.82, 2.24) is 0 Å². The van der Waals surface area contributed by atoms with Crippen molar-refractivity contribution in [3.63, 3.8) is 0 Å². The molecular formula is C8H12O3. The van der Waals surface area contributed by atoms with Crippen LogP contribution < -0.4 is 0 Å². The number of rotatable bonds is 1. The van der Waals surface area contributed by atoms with Crippen LogP contribution in [0.1, 0.15) is 13.8 Å². The van der Waals surface area contributed by atoms with Gasteiger partial charge < -0.3 is 9.47 Å². The van der Waals surface area contributed by atoms with Crippen LogP contribution in [0, 0.1) is 5.41 Å². The van der Waals surface area contributed by atoms with E-state index in [0.29, 0.717) is 6.61 Å². The zero-order chi connectivity index (χ0) is 8.48. The summed E-state index contributed by atoms with van der Waals surface area (Å²) in [5.74, 6) is 0. The third kappa shape index (κ3) is 1.53. The van der Waals surface area contributed by atoms with Crippen LogP contribution in [-0.2, 0) is 9.47 Å². The molecule has 0 aliphatic carbocycles. The summed E-state index contributed by atoms with van der Waals surface area (Å²) in [6.07, 6.45) is 0.790. The molecule has 0 spiro atoms. The zero-order valence-corrected chi connectivity index (χ0v) is 6.79. The molecule has 1 saturated heterocycles. The summed E-state index contributed by atoms with van der Waals surface area (Å²) in [6.45, 7) is 7.90. The Morgan fingerprint density at radius 3 is 2.82 bits per heavy atom. The summed E-state index contributed by atoms with van der Waals surface area (Å²) in [6, 6.07) is 0. The van der Waals surface area contributed by atoms with Gasteiger partial charge in [0.05, 0.1) is 0 Å². The monoisotopic (exact) mass is 156 g/mol. The fourth-order valence-corrected chi connectivity index (χ4v) is 0.991. The van der Waals surface area contributed by atoms with Gasteiger partial charge in [0.15, 0.2) is 0 Å². The van der Waals surface area contributed by atoms with Crippen molar-refractivity contribution in [3.05, 3.63) is 12.7 Å². The zero-order valence-electron chi connectivity index (χ0n) is 6.79. The molecule has 62 valence electrons. The maximum absolute atomic E-state index is 10.6. The lowest BCUT2D eigenvalue weighted by molar-refractivity contribution is -0.0756. The average molecular weight is 156 g/mol. The Bertz CT molecular complexity index is 184. The van der Waals surface area contributed by atoms with Crippen LogP contribution in [0.2, 0.25) is 0 Å². The second kappa shape index (κ2) is 2.57. The van der Waals surface area contributed by atoms with Gasteiger partial charge in [0.2, 0.25) is 0 Å². The first-order chi connectivity index (χ1) is 5.06.